The zero-order valence-corrected chi connectivity index (χ0v) is 14.5. The first-order valence-electron chi connectivity index (χ1n) is 7.69. The second-order valence-electron chi connectivity index (χ2n) is 5.07. The third kappa shape index (κ3) is 5.79. The lowest BCUT2D eigenvalue weighted by atomic mass is 10.1. The molecule has 0 saturated carbocycles. The van der Waals surface area contributed by atoms with E-state index in [0.29, 0.717) is 11.3 Å². The van der Waals surface area contributed by atoms with E-state index in [1.54, 1.807) is 24.3 Å². The predicted octanol–water partition coefficient (Wildman–Crippen LogP) is 2.52. The number of aryl methyl sites for hydroxylation is 1. The lowest BCUT2D eigenvalue weighted by Gasteiger charge is -2.12. The zero-order valence-electron chi connectivity index (χ0n) is 13.7. The molecule has 0 atom stereocenters. The van der Waals surface area contributed by atoms with Crippen LogP contribution in [0.1, 0.15) is 18.1 Å². The largest absolute Gasteiger partial charge is 0.482 e. The second-order valence-corrected chi connectivity index (χ2v) is 5.48. The van der Waals surface area contributed by atoms with E-state index in [1.165, 1.54) is 5.56 Å². The van der Waals surface area contributed by atoms with E-state index in [4.69, 9.17) is 22.2 Å². The van der Waals surface area contributed by atoms with Gasteiger partial charge in [-0.05, 0) is 48.5 Å². The molecule has 1 amide bonds. The van der Waals surface area contributed by atoms with Gasteiger partial charge in [0.2, 0.25) is 0 Å². The first-order valence-corrected chi connectivity index (χ1v) is 8.10. The van der Waals surface area contributed by atoms with Gasteiger partial charge in [-0.25, -0.2) is 0 Å². The number of hydrogen-bond acceptors (Lipinski definition) is 4. The van der Waals surface area contributed by atoms with Crippen LogP contribution in [0.2, 0.25) is 0 Å². The molecular formula is C18H18N4O2S. The molecule has 0 aliphatic carbocycles. The van der Waals surface area contributed by atoms with Crippen LogP contribution < -0.4 is 20.9 Å². The summed E-state index contributed by atoms with van der Waals surface area (Å²) in [6.45, 7) is 1.85. The topological polar surface area (TPSA) is 86.2 Å². The van der Waals surface area contributed by atoms with Crippen molar-refractivity contribution in [3.63, 3.8) is 0 Å². The molecule has 6 nitrogen and oxygen atoms in total. The number of hydrazine groups is 1. The van der Waals surface area contributed by atoms with Gasteiger partial charge in [0.15, 0.2) is 11.7 Å². The second kappa shape index (κ2) is 9.25. The first kappa shape index (κ1) is 18.2. The summed E-state index contributed by atoms with van der Waals surface area (Å²) >= 11 is 5.11. The lowest BCUT2D eigenvalue weighted by molar-refractivity contribution is -0.123. The average Bonchev–Trinajstić information content (AvgIpc) is 2.65. The number of amides is 1. The van der Waals surface area contributed by atoms with Crippen molar-refractivity contribution in [3.05, 3.63) is 59.7 Å². The fourth-order valence-electron chi connectivity index (χ4n) is 1.98. The van der Waals surface area contributed by atoms with Crippen LogP contribution in [0.15, 0.2) is 48.5 Å². The number of thiocarbonyl (C=S) groups is 1. The molecule has 25 heavy (non-hydrogen) atoms. The van der Waals surface area contributed by atoms with Gasteiger partial charge in [0.05, 0.1) is 5.56 Å². The summed E-state index contributed by atoms with van der Waals surface area (Å²) in [7, 11) is 0. The quantitative estimate of drug-likeness (QED) is 0.565. The number of carbonyl (C=O) groups is 1. The van der Waals surface area contributed by atoms with Crippen LogP contribution in [0.3, 0.4) is 0 Å². The van der Waals surface area contributed by atoms with Crippen LogP contribution in [0.4, 0.5) is 5.69 Å². The van der Waals surface area contributed by atoms with Gasteiger partial charge in [-0.1, -0.05) is 31.2 Å². The minimum atomic E-state index is -0.418. The minimum absolute atomic E-state index is 0.237. The number of carbonyl (C=O) groups excluding carboxylic acids is 1. The number of nitrogens with zero attached hydrogens (tertiary/aromatic N) is 1. The maximum atomic E-state index is 11.8. The Kier molecular flexibility index (Phi) is 6.75. The first-order chi connectivity index (χ1) is 12.1. The Bertz CT molecular complexity index is 784. The van der Waals surface area contributed by atoms with Gasteiger partial charge >= 0.3 is 0 Å². The average molecular weight is 354 g/mol. The minimum Gasteiger partial charge on any atom is -0.482 e. The van der Waals surface area contributed by atoms with Crippen molar-refractivity contribution >= 4 is 28.9 Å². The van der Waals surface area contributed by atoms with Gasteiger partial charge < -0.3 is 10.1 Å². The fourth-order valence-corrected chi connectivity index (χ4v) is 2.15. The Morgan fingerprint density at radius 2 is 1.88 bits per heavy atom. The van der Waals surface area contributed by atoms with Crippen LogP contribution in [-0.2, 0) is 11.2 Å². The Balaban J connectivity index is 1.75. The molecule has 2 aromatic rings. The van der Waals surface area contributed by atoms with Crippen molar-refractivity contribution in [2.75, 3.05) is 11.9 Å². The van der Waals surface area contributed by atoms with Gasteiger partial charge in [0.25, 0.3) is 5.91 Å². The van der Waals surface area contributed by atoms with Crippen molar-refractivity contribution in [3.8, 4) is 11.8 Å². The summed E-state index contributed by atoms with van der Waals surface area (Å²) in [5, 5.41) is 12.2. The summed E-state index contributed by atoms with van der Waals surface area (Å²) in [6.07, 6.45) is 0.966. The molecule has 0 aliphatic rings. The van der Waals surface area contributed by atoms with Crippen LogP contribution in [0.5, 0.6) is 5.75 Å². The summed E-state index contributed by atoms with van der Waals surface area (Å²) in [6, 6.07) is 16.5. The molecule has 2 aromatic carbocycles. The summed E-state index contributed by atoms with van der Waals surface area (Å²) < 4.78 is 5.33. The van der Waals surface area contributed by atoms with Crippen LogP contribution in [0.25, 0.3) is 0 Å². The van der Waals surface area contributed by atoms with Gasteiger partial charge in [-0.15, -0.1) is 0 Å². The number of benzene rings is 2. The number of anilines is 1. The maximum absolute atomic E-state index is 11.8. The van der Waals surface area contributed by atoms with Crippen LogP contribution in [0, 0.1) is 11.3 Å². The number of para-hydroxylation sites is 1. The van der Waals surface area contributed by atoms with E-state index in [9.17, 15) is 4.79 Å². The zero-order chi connectivity index (χ0) is 18.1. The smallest absolute Gasteiger partial charge is 0.276 e. The number of nitrogens with one attached hydrogen (secondary N) is 3. The van der Waals surface area contributed by atoms with Crippen molar-refractivity contribution in [2.24, 2.45) is 0 Å². The van der Waals surface area contributed by atoms with E-state index in [0.717, 1.165) is 12.1 Å². The van der Waals surface area contributed by atoms with E-state index in [2.05, 4.69) is 23.1 Å². The molecule has 0 fully saturated rings. The molecular weight excluding hydrogens is 336 g/mol. The lowest BCUT2D eigenvalue weighted by Crippen LogP contribution is -2.45. The maximum Gasteiger partial charge on any atom is 0.276 e. The highest BCUT2D eigenvalue weighted by Gasteiger charge is 2.06. The summed E-state index contributed by atoms with van der Waals surface area (Å²) in [5.74, 6) is -0.0601. The van der Waals surface area contributed by atoms with E-state index < -0.39 is 5.91 Å². The third-order valence-electron chi connectivity index (χ3n) is 3.30. The Labute approximate surface area is 151 Å². The van der Waals surface area contributed by atoms with Crippen LogP contribution >= 0.6 is 12.2 Å². The van der Waals surface area contributed by atoms with E-state index in [-0.39, 0.29) is 11.7 Å². The molecule has 0 saturated heterocycles. The highest BCUT2D eigenvalue weighted by Crippen LogP contribution is 2.16. The molecule has 0 unspecified atom stereocenters. The fraction of sp³-hybridized carbons (Fsp3) is 0.167. The standard InChI is InChI=1S/C18H18N4O2S/c1-2-13-7-9-15(10-8-13)20-18(25)22-21-17(23)12-24-16-6-4-3-5-14(16)11-19/h3-10H,2,12H2,1H3,(H,21,23)(H2,20,22,25). The van der Waals surface area contributed by atoms with Crippen molar-refractivity contribution in [1.29, 1.82) is 5.26 Å². The molecule has 0 aromatic heterocycles. The number of nitriles is 1. The SMILES string of the molecule is CCc1ccc(NC(=S)NNC(=O)COc2ccccc2C#N)cc1. The molecule has 0 heterocycles. The normalized spacial score (nSPS) is 9.60. The van der Waals surface area contributed by atoms with Crippen molar-refractivity contribution in [1.82, 2.24) is 10.9 Å². The molecule has 0 aliphatic heterocycles. The monoisotopic (exact) mass is 354 g/mol. The Morgan fingerprint density at radius 3 is 2.56 bits per heavy atom. The molecule has 0 bridgehead atoms. The molecule has 7 heteroatoms. The van der Waals surface area contributed by atoms with Gasteiger partial charge in [0.1, 0.15) is 11.8 Å². The highest BCUT2D eigenvalue weighted by molar-refractivity contribution is 7.80. The van der Waals surface area contributed by atoms with Crippen LogP contribution in [-0.4, -0.2) is 17.6 Å². The van der Waals surface area contributed by atoms with E-state index >= 15 is 0 Å². The molecule has 3 N–H and O–H groups in total. The van der Waals surface area contributed by atoms with Gasteiger partial charge in [-0.3, -0.25) is 15.6 Å². The highest BCUT2D eigenvalue weighted by atomic mass is 32.1. The molecule has 0 spiro atoms. The van der Waals surface area contributed by atoms with Crippen molar-refractivity contribution < 1.29 is 9.53 Å². The Hall–Kier alpha value is -3.11. The van der Waals surface area contributed by atoms with Gasteiger partial charge in [0, 0.05) is 5.69 Å². The number of rotatable bonds is 5. The summed E-state index contributed by atoms with van der Waals surface area (Å²) in [5.41, 5.74) is 7.46. The molecule has 2 rings (SSSR count). The Morgan fingerprint density at radius 1 is 1.16 bits per heavy atom. The third-order valence-corrected chi connectivity index (χ3v) is 3.51. The van der Waals surface area contributed by atoms with Gasteiger partial charge in [-0.2, -0.15) is 5.26 Å². The summed E-state index contributed by atoms with van der Waals surface area (Å²) in [4.78, 5) is 11.8. The predicted molar refractivity (Wildman–Crippen MR) is 100.0 cm³/mol. The number of ether oxygens (including phenoxy) is 1. The molecule has 128 valence electrons. The number of hydrogen-bond donors (Lipinski definition) is 3. The van der Waals surface area contributed by atoms with Crippen molar-refractivity contribution in [2.45, 2.75) is 13.3 Å². The van der Waals surface area contributed by atoms with E-state index in [1.807, 2.05) is 30.3 Å². The molecule has 0 radical (unpaired) electrons.